The fourth-order valence-electron chi connectivity index (χ4n) is 3.78. The fourth-order valence-corrected chi connectivity index (χ4v) is 3.78. The summed E-state index contributed by atoms with van der Waals surface area (Å²) in [7, 11) is 0. The number of alkyl halides is 3. The fraction of sp³-hybridized carbons (Fsp3) is 0.429. The number of likely N-dealkylation sites (tertiary alicyclic amines) is 1. The van der Waals surface area contributed by atoms with Crippen molar-refractivity contribution in [1.29, 1.82) is 0 Å². The SMILES string of the molecule is Cc1ccc(CN2CCC[C@@H](Oc3ncc(C(F)(F)F)cc3F)[C@@H]2C)c(-n2nccn2)n1. The van der Waals surface area contributed by atoms with Gasteiger partial charge in [-0.15, -0.1) is 4.80 Å². The Hall–Kier alpha value is -3.08. The van der Waals surface area contributed by atoms with Crippen LogP contribution in [0.2, 0.25) is 0 Å². The van der Waals surface area contributed by atoms with Crippen LogP contribution in [0.5, 0.6) is 5.88 Å². The van der Waals surface area contributed by atoms with E-state index in [1.54, 1.807) is 12.4 Å². The van der Waals surface area contributed by atoms with Gasteiger partial charge >= 0.3 is 6.18 Å². The maximum absolute atomic E-state index is 14.2. The van der Waals surface area contributed by atoms with Crippen LogP contribution in [-0.4, -0.2) is 48.6 Å². The molecule has 11 heteroatoms. The van der Waals surface area contributed by atoms with E-state index in [1.165, 1.54) is 4.80 Å². The van der Waals surface area contributed by atoms with Crippen LogP contribution in [0.25, 0.3) is 5.82 Å². The Morgan fingerprint density at radius 2 is 1.94 bits per heavy atom. The van der Waals surface area contributed by atoms with Gasteiger partial charge < -0.3 is 4.74 Å². The lowest BCUT2D eigenvalue weighted by molar-refractivity contribution is -0.138. The number of piperidine rings is 1. The standard InChI is InChI=1S/C21H22F4N6O/c1-13-5-6-15(19(29-13)31-27-7-8-28-31)12-30-9-3-4-18(14(30)2)32-20-17(22)10-16(11-26-20)21(23,24)25/h5-8,10-11,14,18H,3-4,9,12H2,1-2H3/t14-,18+/m0/s1. The number of aromatic nitrogens is 5. The summed E-state index contributed by atoms with van der Waals surface area (Å²) < 4.78 is 58.2. The monoisotopic (exact) mass is 450 g/mol. The van der Waals surface area contributed by atoms with Crippen molar-refractivity contribution in [3.05, 3.63) is 59.4 Å². The minimum Gasteiger partial charge on any atom is -0.471 e. The molecule has 0 aromatic carbocycles. The molecule has 4 heterocycles. The predicted octanol–water partition coefficient (Wildman–Crippen LogP) is 3.96. The summed E-state index contributed by atoms with van der Waals surface area (Å²) in [5.74, 6) is -0.922. The second kappa shape index (κ2) is 8.81. The van der Waals surface area contributed by atoms with Gasteiger partial charge in [-0.1, -0.05) is 6.07 Å². The summed E-state index contributed by atoms with van der Waals surface area (Å²) >= 11 is 0. The van der Waals surface area contributed by atoms with Crippen LogP contribution in [0.3, 0.4) is 0 Å². The van der Waals surface area contributed by atoms with Crippen molar-refractivity contribution in [3.8, 4) is 11.7 Å². The number of nitrogens with zero attached hydrogens (tertiary/aromatic N) is 6. The predicted molar refractivity (Wildman–Crippen MR) is 107 cm³/mol. The number of rotatable bonds is 5. The van der Waals surface area contributed by atoms with Gasteiger partial charge in [-0.2, -0.15) is 23.4 Å². The van der Waals surface area contributed by atoms with E-state index in [0.717, 1.165) is 24.2 Å². The Bertz CT molecular complexity index is 1070. The summed E-state index contributed by atoms with van der Waals surface area (Å²) in [5.41, 5.74) is 0.600. The van der Waals surface area contributed by atoms with Gasteiger partial charge in [-0.25, -0.2) is 14.4 Å². The van der Waals surface area contributed by atoms with Crippen LogP contribution >= 0.6 is 0 Å². The van der Waals surface area contributed by atoms with E-state index in [1.807, 2.05) is 26.0 Å². The lowest BCUT2D eigenvalue weighted by Gasteiger charge is -2.39. The average Bonchev–Trinajstić information content (AvgIpc) is 3.27. The molecule has 1 saturated heterocycles. The molecular formula is C21H22F4N6O. The second-order valence-electron chi connectivity index (χ2n) is 7.77. The average molecular weight is 450 g/mol. The van der Waals surface area contributed by atoms with Crippen LogP contribution in [-0.2, 0) is 12.7 Å². The van der Waals surface area contributed by atoms with Crippen molar-refractivity contribution in [2.75, 3.05) is 6.54 Å². The Kier molecular flexibility index (Phi) is 6.09. The normalized spacial score (nSPS) is 19.8. The maximum Gasteiger partial charge on any atom is 0.417 e. The molecule has 0 amide bonds. The summed E-state index contributed by atoms with van der Waals surface area (Å²) in [6, 6.07) is 4.16. The molecular weight excluding hydrogens is 428 g/mol. The van der Waals surface area contributed by atoms with Crippen molar-refractivity contribution in [1.82, 2.24) is 29.9 Å². The third-order valence-electron chi connectivity index (χ3n) is 5.52. The second-order valence-corrected chi connectivity index (χ2v) is 7.77. The van der Waals surface area contributed by atoms with E-state index in [0.29, 0.717) is 31.0 Å². The highest BCUT2D eigenvalue weighted by Gasteiger charge is 2.34. The van der Waals surface area contributed by atoms with Gasteiger partial charge in [0.25, 0.3) is 5.88 Å². The van der Waals surface area contributed by atoms with Crippen molar-refractivity contribution >= 4 is 0 Å². The molecule has 0 N–H and O–H groups in total. The molecule has 0 aliphatic carbocycles. The zero-order chi connectivity index (χ0) is 22.9. The highest BCUT2D eigenvalue weighted by molar-refractivity contribution is 5.33. The van der Waals surface area contributed by atoms with Crippen LogP contribution < -0.4 is 4.74 Å². The van der Waals surface area contributed by atoms with Gasteiger partial charge in [0.05, 0.1) is 18.0 Å². The van der Waals surface area contributed by atoms with Gasteiger partial charge in [-0.3, -0.25) is 4.90 Å². The summed E-state index contributed by atoms with van der Waals surface area (Å²) in [6.45, 7) is 5.15. The first-order valence-corrected chi connectivity index (χ1v) is 10.2. The van der Waals surface area contributed by atoms with E-state index < -0.39 is 29.5 Å². The first-order valence-electron chi connectivity index (χ1n) is 10.2. The molecule has 0 saturated carbocycles. The third kappa shape index (κ3) is 4.72. The van der Waals surface area contributed by atoms with Gasteiger partial charge in [0.1, 0.15) is 6.10 Å². The van der Waals surface area contributed by atoms with E-state index in [9.17, 15) is 17.6 Å². The highest BCUT2D eigenvalue weighted by atomic mass is 19.4. The molecule has 1 aliphatic rings. The van der Waals surface area contributed by atoms with E-state index in [4.69, 9.17) is 4.74 Å². The van der Waals surface area contributed by atoms with Crippen LogP contribution in [0.15, 0.2) is 36.8 Å². The molecule has 0 spiro atoms. The van der Waals surface area contributed by atoms with Gasteiger partial charge in [0.15, 0.2) is 11.6 Å². The Morgan fingerprint density at radius 3 is 2.62 bits per heavy atom. The number of pyridine rings is 2. The molecule has 7 nitrogen and oxygen atoms in total. The smallest absolute Gasteiger partial charge is 0.417 e. The molecule has 0 bridgehead atoms. The van der Waals surface area contributed by atoms with Crippen molar-refractivity contribution in [2.24, 2.45) is 0 Å². The lowest BCUT2D eigenvalue weighted by atomic mass is 9.99. The zero-order valence-corrected chi connectivity index (χ0v) is 17.6. The lowest BCUT2D eigenvalue weighted by Crippen LogP contribution is -2.48. The number of aryl methyl sites for hydroxylation is 1. The van der Waals surface area contributed by atoms with E-state index in [2.05, 4.69) is 25.1 Å². The van der Waals surface area contributed by atoms with E-state index >= 15 is 0 Å². The van der Waals surface area contributed by atoms with Gasteiger partial charge in [0, 0.05) is 30.0 Å². The first kappa shape index (κ1) is 22.1. The first-order chi connectivity index (χ1) is 15.2. The topological polar surface area (TPSA) is 69.0 Å². The van der Waals surface area contributed by atoms with Crippen molar-refractivity contribution in [3.63, 3.8) is 0 Å². The molecule has 1 fully saturated rings. The number of hydrogen-bond donors (Lipinski definition) is 0. The molecule has 1 aliphatic heterocycles. The molecule has 4 rings (SSSR count). The Labute approximate surface area is 182 Å². The van der Waals surface area contributed by atoms with E-state index in [-0.39, 0.29) is 6.04 Å². The molecule has 0 radical (unpaired) electrons. The largest absolute Gasteiger partial charge is 0.471 e. The summed E-state index contributed by atoms with van der Waals surface area (Å²) in [6.07, 6.45) is 0.0766. The molecule has 2 atom stereocenters. The molecule has 0 unspecified atom stereocenters. The van der Waals surface area contributed by atoms with Crippen LogP contribution in [0, 0.1) is 12.7 Å². The third-order valence-corrected chi connectivity index (χ3v) is 5.52. The number of hydrogen-bond acceptors (Lipinski definition) is 6. The highest BCUT2D eigenvalue weighted by Crippen LogP contribution is 2.32. The molecule has 170 valence electrons. The van der Waals surface area contributed by atoms with Crippen molar-refractivity contribution in [2.45, 2.75) is 51.6 Å². The number of halogens is 4. The van der Waals surface area contributed by atoms with Crippen molar-refractivity contribution < 1.29 is 22.3 Å². The molecule has 32 heavy (non-hydrogen) atoms. The quantitative estimate of drug-likeness (QED) is 0.549. The van der Waals surface area contributed by atoms with Gasteiger partial charge in [0.2, 0.25) is 0 Å². The maximum atomic E-state index is 14.2. The van der Waals surface area contributed by atoms with Crippen LogP contribution in [0.1, 0.15) is 36.6 Å². The number of ether oxygens (including phenoxy) is 1. The minimum absolute atomic E-state index is 0.132. The molecule has 3 aromatic rings. The Morgan fingerprint density at radius 1 is 1.19 bits per heavy atom. The summed E-state index contributed by atoms with van der Waals surface area (Å²) in [5, 5.41) is 8.35. The Balaban J connectivity index is 1.51. The van der Waals surface area contributed by atoms with Gasteiger partial charge in [-0.05, 0) is 45.4 Å². The zero-order valence-electron chi connectivity index (χ0n) is 17.6. The summed E-state index contributed by atoms with van der Waals surface area (Å²) in [4.78, 5) is 11.8. The van der Waals surface area contributed by atoms with Crippen LogP contribution in [0.4, 0.5) is 17.6 Å². The molecule has 3 aromatic heterocycles. The minimum atomic E-state index is -4.66.